The van der Waals surface area contributed by atoms with Crippen molar-refractivity contribution < 1.29 is 4.84 Å². The van der Waals surface area contributed by atoms with Crippen LogP contribution in [0.15, 0.2) is 4.99 Å². The summed E-state index contributed by atoms with van der Waals surface area (Å²) in [6, 6.07) is 0. The zero-order chi connectivity index (χ0) is 13.9. The Kier molecular flexibility index (Phi) is 6.26. The second kappa shape index (κ2) is 7.26. The molecule has 0 aromatic rings. The summed E-state index contributed by atoms with van der Waals surface area (Å²) in [7, 11) is 0. The number of halogens is 1. The minimum Gasteiger partial charge on any atom is -0.370 e. The molecule has 2 aliphatic rings. The first kappa shape index (κ1) is 17.2. The number of guanidine groups is 2. The van der Waals surface area contributed by atoms with Gasteiger partial charge in [0.05, 0.1) is 6.61 Å². The quantitative estimate of drug-likeness (QED) is 0.684. The molecule has 1 heterocycles. The first-order valence-electron chi connectivity index (χ1n) is 7.13. The summed E-state index contributed by atoms with van der Waals surface area (Å²) in [5.74, 6) is 1.02. The lowest BCUT2D eigenvalue weighted by molar-refractivity contribution is -0.170. The largest absolute Gasteiger partial charge is 0.370 e. The van der Waals surface area contributed by atoms with Crippen LogP contribution in [0.2, 0.25) is 0 Å². The second-order valence-corrected chi connectivity index (χ2v) is 5.91. The van der Waals surface area contributed by atoms with Crippen LogP contribution in [0.5, 0.6) is 0 Å². The number of rotatable bonds is 3. The standard InChI is InChI=1S/C13H25N5O.BrH/c1-13(2)17-11(14)16-12(15)18(13)19-9-10-7-5-3-4-6-8-10;/h10H,3-9H2,1-2H3,(H4,14,15,16,17);1H. The van der Waals surface area contributed by atoms with Gasteiger partial charge in [-0.1, -0.05) is 25.7 Å². The molecule has 0 unspecified atom stereocenters. The highest BCUT2D eigenvalue weighted by Gasteiger charge is 2.34. The maximum absolute atomic E-state index is 7.92. The molecule has 1 fully saturated rings. The van der Waals surface area contributed by atoms with Crippen molar-refractivity contribution in [2.75, 3.05) is 6.61 Å². The van der Waals surface area contributed by atoms with Crippen LogP contribution in [0.1, 0.15) is 52.4 Å². The zero-order valence-corrected chi connectivity index (χ0v) is 14.0. The van der Waals surface area contributed by atoms with Gasteiger partial charge in [-0.05, 0) is 32.6 Å². The molecule has 0 aromatic carbocycles. The summed E-state index contributed by atoms with van der Waals surface area (Å²) in [5.41, 5.74) is 5.01. The van der Waals surface area contributed by atoms with Crippen LogP contribution in [0.3, 0.4) is 0 Å². The summed E-state index contributed by atoms with van der Waals surface area (Å²) < 4.78 is 0. The lowest BCUT2D eigenvalue weighted by atomic mass is 10.0. The van der Waals surface area contributed by atoms with E-state index in [1.165, 1.54) is 43.6 Å². The van der Waals surface area contributed by atoms with Gasteiger partial charge in [0, 0.05) is 0 Å². The number of hydroxylamine groups is 2. The number of aliphatic imine (C=N–C) groups is 1. The highest BCUT2D eigenvalue weighted by molar-refractivity contribution is 8.93. The molecule has 0 saturated heterocycles. The average molecular weight is 348 g/mol. The van der Waals surface area contributed by atoms with Crippen LogP contribution in [0.4, 0.5) is 0 Å². The van der Waals surface area contributed by atoms with Crippen LogP contribution in [-0.2, 0) is 4.84 Å². The monoisotopic (exact) mass is 347 g/mol. The molecule has 7 heteroatoms. The van der Waals surface area contributed by atoms with E-state index in [0.29, 0.717) is 12.5 Å². The Hall–Kier alpha value is -0.820. The Morgan fingerprint density at radius 1 is 1.35 bits per heavy atom. The number of nitrogens with two attached hydrogens (primary N) is 1. The van der Waals surface area contributed by atoms with E-state index in [1.54, 1.807) is 0 Å². The topological polar surface area (TPSA) is 86.7 Å². The zero-order valence-electron chi connectivity index (χ0n) is 12.3. The van der Waals surface area contributed by atoms with Crippen LogP contribution < -0.4 is 11.1 Å². The van der Waals surface area contributed by atoms with Gasteiger partial charge in [-0.2, -0.15) is 5.06 Å². The van der Waals surface area contributed by atoms with Crippen molar-refractivity contribution >= 4 is 28.9 Å². The predicted molar refractivity (Wildman–Crippen MR) is 85.9 cm³/mol. The van der Waals surface area contributed by atoms with E-state index in [-0.39, 0.29) is 28.9 Å². The normalized spacial score (nSPS) is 23.4. The summed E-state index contributed by atoms with van der Waals surface area (Å²) in [5, 5.41) is 12.1. The van der Waals surface area contributed by atoms with Crippen molar-refractivity contribution in [3.8, 4) is 0 Å². The van der Waals surface area contributed by atoms with Crippen molar-refractivity contribution in [2.24, 2.45) is 16.6 Å². The first-order valence-corrected chi connectivity index (χ1v) is 7.13. The fourth-order valence-corrected chi connectivity index (χ4v) is 2.75. The predicted octanol–water partition coefficient (Wildman–Crippen LogP) is 2.36. The first-order chi connectivity index (χ1) is 8.99. The van der Waals surface area contributed by atoms with Crippen molar-refractivity contribution in [3.05, 3.63) is 0 Å². The van der Waals surface area contributed by atoms with Crippen LogP contribution in [0, 0.1) is 11.3 Å². The number of hydrogen-bond acceptors (Lipinski definition) is 4. The lowest BCUT2D eigenvalue weighted by Gasteiger charge is -2.39. The minimum atomic E-state index is -0.628. The van der Waals surface area contributed by atoms with Crippen LogP contribution in [-0.4, -0.2) is 29.3 Å². The Morgan fingerprint density at radius 2 is 1.95 bits per heavy atom. The fraction of sp³-hybridized carbons (Fsp3) is 0.846. The molecule has 0 bridgehead atoms. The molecule has 20 heavy (non-hydrogen) atoms. The van der Waals surface area contributed by atoms with Gasteiger partial charge in [-0.3, -0.25) is 15.6 Å². The molecule has 6 nitrogen and oxygen atoms in total. The Balaban J connectivity index is 0.00000200. The van der Waals surface area contributed by atoms with Crippen LogP contribution in [0.25, 0.3) is 0 Å². The summed E-state index contributed by atoms with van der Waals surface area (Å²) >= 11 is 0. The van der Waals surface area contributed by atoms with E-state index in [0.717, 1.165) is 0 Å². The number of hydrogen-bond donors (Lipinski definition) is 3. The van der Waals surface area contributed by atoms with Crippen molar-refractivity contribution in [3.63, 3.8) is 0 Å². The molecular weight excluding hydrogens is 322 g/mol. The lowest BCUT2D eigenvalue weighted by Crippen LogP contribution is -2.59. The molecule has 116 valence electrons. The highest BCUT2D eigenvalue weighted by atomic mass is 79.9. The maximum atomic E-state index is 7.92. The third-order valence-electron chi connectivity index (χ3n) is 3.75. The second-order valence-electron chi connectivity index (χ2n) is 5.91. The minimum absolute atomic E-state index is 0. The molecule has 0 amide bonds. The molecule has 0 atom stereocenters. The van der Waals surface area contributed by atoms with Crippen LogP contribution >= 0.6 is 17.0 Å². The molecular formula is C13H26BrN5O. The van der Waals surface area contributed by atoms with E-state index >= 15 is 0 Å². The van der Waals surface area contributed by atoms with Gasteiger partial charge >= 0.3 is 0 Å². The number of nitrogens with one attached hydrogen (secondary N) is 2. The third kappa shape index (κ3) is 4.34. The van der Waals surface area contributed by atoms with Gasteiger partial charge in [0.25, 0.3) is 0 Å². The summed E-state index contributed by atoms with van der Waals surface area (Å²) in [6.07, 6.45) is 7.70. The Labute approximate surface area is 131 Å². The molecule has 4 N–H and O–H groups in total. The number of nitrogens with zero attached hydrogens (tertiary/aromatic N) is 2. The SMILES string of the molecule is Br.CC1(C)N=C(N)NC(=N)N1OCC1CCCCCC1. The summed E-state index contributed by atoms with van der Waals surface area (Å²) in [4.78, 5) is 10.1. The van der Waals surface area contributed by atoms with E-state index in [1.807, 2.05) is 13.8 Å². The molecule has 0 spiro atoms. The Morgan fingerprint density at radius 3 is 2.50 bits per heavy atom. The molecule has 0 aromatic heterocycles. The molecule has 2 rings (SSSR count). The van der Waals surface area contributed by atoms with Gasteiger partial charge in [0.2, 0.25) is 5.96 Å². The van der Waals surface area contributed by atoms with E-state index < -0.39 is 5.66 Å². The molecule has 0 radical (unpaired) electrons. The molecule has 1 aliphatic carbocycles. The van der Waals surface area contributed by atoms with Gasteiger partial charge in [-0.25, -0.2) is 4.99 Å². The smallest absolute Gasteiger partial charge is 0.224 e. The molecule has 1 aliphatic heterocycles. The van der Waals surface area contributed by atoms with Gasteiger partial charge in [0.1, 0.15) is 0 Å². The highest BCUT2D eigenvalue weighted by Crippen LogP contribution is 2.25. The maximum Gasteiger partial charge on any atom is 0.224 e. The van der Waals surface area contributed by atoms with E-state index in [9.17, 15) is 0 Å². The van der Waals surface area contributed by atoms with Crippen molar-refractivity contribution in [1.82, 2.24) is 10.4 Å². The van der Waals surface area contributed by atoms with Crippen molar-refractivity contribution in [1.29, 1.82) is 5.41 Å². The fourth-order valence-electron chi connectivity index (χ4n) is 2.75. The molecule has 1 saturated carbocycles. The van der Waals surface area contributed by atoms with Gasteiger partial charge < -0.3 is 5.73 Å². The Bertz CT molecular complexity index is 364. The van der Waals surface area contributed by atoms with Crippen molar-refractivity contribution in [2.45, 2.75) is 58.0 Å². The van der Waals surface area contributed by atoms with Gasteiger partial charge in [-0.15, -0.1) is 17.0 Å². The summed E-state index contributed by atoms with van der Waals surface area (Å²) in [6.45, 7) is 4.44. The van der Waals surface area contributed by atoms with Gasteiger partial charge in [0.15, 0.2) is 11.6 Å². The van der Waals surface area contributed by atoms with E-state index in [2.05, 4.69) is 10.3 Å². The average Bonchev–Trinajstić information content (AvgIpc) is 2.54. The third-order valence-corrected chi connectivity index (χ3v) is 3.75. The van der Waals surface area contributed by atoms with E-state index in [4.69, 9.17) is 16.0 Å².